The minimum absolute atomic E-state index is 0.0306. The molecule has 3 nitrogen and oxygen atoms in total. The lowest BCUT2D eigenvalue weighted by atomic mass is 10.0. The average molecular weight is 278 g/mol. The third-order valence-corrected chi connectivity index (χ3v) is 2.58. The molecule has 84 valence electrons. The molecule has 0 amide bonds. The minimum atomic E-state index is -0.397. The topological polar surface area (TPSA) is 44.5 Å². The first-order chi connectivity index (χ1) is 7.10. The van der Waals surface area contributed by atoms with Crippen molar-refractivity contribution in [2.45, 2.75) is 12.8 Å². The second-order valence-electron chi connectivity index (χ2n) is 3.24. The van der Waals surface area contributed by atoms with Gasteiger partial charge in [0.25, 0.3) is 0 Å². The Labute approximate surface area is 96.4 Å². The van der Waals surface area contributed by atoms with Gasteiger partial charge in [0.05, 0.1) is 13.7 Å². The maximum absolute atomic E-state index is 13.5. The van der Waals surface area contributed by atoms with Gasteiger partial charge in [-0.1, -0.05) is 22.9 Å². The fourth-order valence-electron chi connectivity index (χ4n) is 1.40. The van der Waals surface area contributed by atoms with Gasteiger partial charge in [0.15, 0.2) is 11.6 Å². The van der Waals surface area contributed by atoms with Crippen molar-refractivity contribution in [2.24, 2.45) is 5.90 Å². The Bertz CT molecular complexity index is 346. The van der Waals surface area contributed by atoms with E-state index in [-0.39, 0.29) is 11.7 Å². The van der Waals surface area contributed by atoms with Crippen LogP contribution < -0.4 is 10.6 Å². The number of hydrogen-bond donors (Lipinski definition) is 1. The van der Waals surface area contributed by atoms with Gasteiger partial charge in [-0.05, 0) is 12.1 Å². The molecule has 0 heterocycles. The molecule has 0 bridgehead atoms. The smallest absolute Gasteiger partial charge is 0.166 e. The van der Waals surface area contributed by atoms with Gasteiger partial charge in [-0.15, -0.1) is 0 Å². The van der Waals surface area contributed by atoms with E-state index in [1.165, 1.54) is 13.2 Å². The second kappa shape index (κ2) is 5.44. The Morgan fingerprint density at radius 2 is 2.20 bits per heavy atom. The van der Waals surface area contributed by atoms with Crippen molar-refractivity contribution in [3.63, 3.8) is 0 Å². The SMILES string of the molecule is COc1c(F)cc(Br)cc1C(C)CON. The quantitative estimate of drug-likeness (QED) is 0.861. The molecule has 0 aliphatic heterocycles. The molecule has 0 saturated carbocycles. The molecule has 1 rings (SSSR count). The highest BCUT2D eigenvalue weighted by atomic mass is 79.9. The summed E-state index contributed by atoms with van der Waals surface area (Å²) >= 11 is 3.23. The van der Waals surface area contributed by atoms with Crippen LogP contribution in [-0.2, 0) is 4.84 Å². The van der Waals surface area contributed by atoms with Crippen molar-refractivity contribution in [3.05, 3.63) is 28.0 Å². The van der Waals surface area contributed by atoms with Crippen LogP contribution in [0, 0.1) is 5.82 Å². The Hall–Kier alpha value is -0.650. The predicted octanol–water partition coefficient (Wildman–Crippen LogP) is 2.59. The molecule has 0 saturated heterocycles. The first kappa shape index (κ1) is 12.4. The number of rotatable bonds is 4. The van der Waals surface area contributed by atoms with Crippen LogP contribution in [0.25, 0.3) is 0 Å². The van der Waals surface area contributed by atoms with Crippen molar-refractivity contribution in [1.29, 1.82) is 0 Å². The molecule has 1 aromatic rings. The Balaban J connectivity index is 3.13. The summed E-state index contributed by atoms with van der Waals surface area (Å²) in [6.45, 7) is 2.20. The summed E-state index contributed by atoms with van der Waals surface area (Å²) in [5.74, 6) is 4.80. The van der Waals surface area contributed by atoms with E-state index in [1.807, 2.05) is 6.92 Å². The lowest BCUT2D eigenvalue weighted by molar-refractivity contribution is 0.126. The molecule has 1 aromatic carbocycles. The number of hydrogen-bond acceptors (Lipinski definition) is 3. The van der Waals surface area contributed by atoms with Crippen LogP contribution in [-0.4, -0.2) is 13.7 Å². The normalized spacial score (nSPS) is 12.6. The number of methoxy groups -OCH3 is 1. The third-order valence-electron chi connectivity index (χ3n) is 2.12. The summed E-state index contributed by atoms with van der Waals surface area (Å²) in [6, 6.07) is 3.16. The minimum Gasteiger partial charge on any atom is -0.493 e. The molecule has 0 radical (unpaired) electrons. The maximum Gasteiger partial charge on any atom is 0.166 e. The van der Waals surface area contributed by atoms with Crippen molar-refractivity contribution in [2.75, 3.05) is 13.7 Å². The summed E-state index contributed by atoms with van der Waals surface area (Å²) in [5.41, 5.74) is 0.731. The molecule has 0 aliphatic rings. The van der Waals surface area contributed by atoms with Gasteiger partial charge >= 0.3 is 0 Å². The van der Waals surface area contributed by atoms with Gasteiger partial charge in [-0.3, -0.25) is 0 Å². The van der Waals surface area contributed by atoms with Gasteiger partial charge in [-0.25, -0.2) is 10.3 Å². The molecule has 5 heteroatoms. The summed E-state index contributed by atoms with van der Waals surface area (Å²) in [4.78, 5) is 4.54. The van der Waals surface area contributed by atoms with E-state index in [9.17, 15) is 4.39 Å². The van der Waals surface area contributed by atoms with Crippen LogP contribution >= 0.6 is 15.9 Å². The fraction of sp³-hybridized carbons (Fsp3) is 0.400. The molecule has 0 spiro atoms. The van der Waals surface area contributed by atoms with E-state index in [1.54, 1.807) is 6.07 Å². The summed E-state index contributed by atoms with van der Waals surface area (Å²) in [6.07, 6.45) is 0. The summed E-state index contributed by atoms with van der Waals surface area (Å²) in [7, 11) is 1.44. The highest BCUT2D eigenvalue weighted by Gasteiger charge is 2.16. The monoisotopic (exact) mass is 277 g/mol. The number of halogens is 2. The van der Waals surface area contributed by atoms with Gasteiger partial charge in [-0.2, -0.15) is 0 Å². The van der Waals surface area contributed by atoms with E-state index in [2.05, 4.69) is 20.8 Å². The first-order valence-electron chi connectivity index (χ1n) is 4.44. The van der Waals surface area contributed by atoms with Gasteiger partial charge in [0.1, 0.15) is 0 Å². The summed E-state index contributed by atoms with van der Waals surface area (Å²) < 4.78 is 19.2. The molecule has 1 atom stereocenters. The van der Waals surface area contributed by atoms with Gasteiger partial charge in [0, 0.05) is 16.0 Å². The van der Waals surface area contributed by atoms with Crippen molar-refractivity contribution >= 4 is 15.9 Å². The van der Waals surface area contributed by atoms with Crippen LogP contribution in [0.2, 0.25) is 0 Å². The Kier molecular flexibility index (Phi) is 4.50. The van der Waals surface area contributed by atoms with E-state index in [4.69, 9.17) is 10.6 Å². The molecule has 0 aromatic heterocycles. The molecule has 1 unspecified atom stereocenters. The standard InChI is InChI=1S/C10H13BrFNO2/c1-6(5-15-13)8-3-7(11)4-9(12)10(8)14-2/h3-4,6H,5,13H2,1-2H3. The van der Waals surface area contributed by atoms with Crippen molar-refractivity contribution < 1.29 is 14.0 Å². The van der Waals surface area contributed by atoms with Gasteiger partial charge < -0.3 is 9.57 Å². The largest absolute Gasteiger partial charge is 0.493 e. The molecule has 0 aliphatic carbocycles. The van der Waals surface area contributed by atoms with Crippen LogP contribution in [0.4, 0.5) is 4.39 Å². The van der Waals surface area contributed by atoms with Crippen LogP contribution in [0.5, 0.6) is 5.75 Å². The number of benzene rings is 1. The van der Waals surface area contributed by atoms with Crippen molar-refractivity contribution in [1.82, 2.24) is 0 Å². The molecule has 15 heavy (non-hydrogen) atoms. The highest BCUT2D eigenvalue weighted by Crippen LogP contribution is 2.32. The Morgan fingerprint density at radius 3 is 2.73 bits per heavy atom. The van der Waals surface area contributed by atoms with Crippen LogP contribution in [0.3, 0.4) is 0 Å². The average Bonchev–Trinajstić information content (AvgIpc) is 2.17. The van der Waals surface area contributed by atoms with E-state index in [0.29, 0.717) is 11.1 Å². The van der Waals surface area contributed by atoms with Crippen LogP contribution in [0.15, 0.2) is 16.6 Å². The van der Waals surface area contributed by atoms with Gasteiger partial charge in [0.2, 0.25) is 0 Å². The molecular weight excluding hydrogens is 265 g/mol. The third kappa shape index (κ3) is 2.90. The van der Waals surface area contributed by atoms with Crippen LogP contribution in [0.1, 0.15) is 18.4 Å². The zero-order valence-electron chi connectivity index (χ0n) is 8.59. The zero-order valence-corrected chi connectivity index (χ0v) is 10.2. The zero-order chi connectivity index (χ0) is 11.4. The molecular formula is C10H13BrFNO2. The second-order valence-corrected chi connectivity index (χ2v) is 4.16. The maximum atomic E-state index is 13.5. The van der Waals surface area contributed by atoms with E-state index < -0.39 is 5.82 Å². The highest BCUT2D eigenvalue weighted by molar-refractivity contribution is 9.10. The summed E-state index contributed by atoms with van der Waals surface area (Å²) in [5, 5.41) is 0. The predicted molar refractivity (Wildman–Crippen MR) is 59.2 cm³/mol. The number of nitrogens with two attached hydrogens (primary N) is 1. The first-order valence-corrected chi connectivity index (χ1v) is 5.24. The van der Waals surface area contributed by atoms with Crippen molar-refractivity contribution in [3.8, 4) is 5.75 Å². The molecule has 0 fully saturated rings. The molecule has 2 N–H and O–H groups in total. The number of ether oxygens (including phenoxy) is 1. The van der Waals surface area contributed by atoms with E-state index >= 15 is 0 Å². The Morgan fingerprint density at radius 1 is 1.53 bits per heavy atom. The fourth-order valence-corrected chi connectivity index (χ4v) is 1.84. The lowest BCUT2D eigenvalue weighted by Crippen LogP contribution is -2.10. The lowest BCUT2D eigenvalue weighted by Gasteiger charge is -2.15. The van der Waals surface area contributed by atoms with E-state index in [0.717, 1.165) is 5.56 Å².